The number of carbonyl (C=O) groups is 1. The monoisotopic (exact) mass is 367 g/mol. The van der Waals surface area contributed by atoms with E-state index in [-0.39, 0.29) is 5.91 Å². The second-order valence-electron chi connectivity index (χ2n) is 5.90. The molecule has 1 N–H and O–H groups in total. The van der Waals surface area contributed by atoms with Crippen LogP contribution in [0.1, 0.15) is 20.8 Å². The van der Waals surface area contributed by atoms with E-state index >= 15 is 0 Å². The summed E-state index contributed by atoms with van der Waals surface area (Å²) < 4.78 is 10.5. The van der Waals surface area contributed by atoms with E-state index in [0.29, 0.717) is 22.9 Å². The zero-order chi connectivity index (χ0) is 18.5. The van der Waals surface area contributed by atoms with Crippen LogP contribution in [-0.4, -0.2) is 20.1 Å². The number of aryl methyl sites for hydroxylation is 1. The summed E-state index contributed by atoms with van der Waals surface area (Å²) in [7, 11) is 3.20. The van der Waals surface area contributed by atoms with Gasteiger partial charge in [-0.05, 0) is 41.6 Å². The van der Waals surface area contributed by atoms with Crippen LogP contribution in [-0.2, 0) is 6.54 Å². The van der Waals surface area contributed by atoms with Gasteiger partial charge < -0.3 is 14.8 Å². The number of hydrogen-bond donors (Lipinski definition) is 1. The van der Waals surface area contributed by atoms with Gasteiger partial charge in [0.05, 0.1) is 19.1 Å². The molecule has 0 aliphatic rings. The second-order valence-corrected chi connectivity index (χ2v) is 6.82. The Balaban J connectivity index is 1.74. The highest BCUT2D eigenvalue weighted by Crippen LogP contribution is 2.29. The van der Waals surface area contributed by atoms with Crippen LogP contribution in [0.5, 0.6) is 11.5 Å². The first-order chi connectivity index (χ1) is 12.6. The third-order valence-corrected chi connectivity index (χ3v) is 5.05. The van der Waals surface area contributed by atoms with Crippen LogP contribution in [0.2, 0.25) is 0 Å². The normalized spacial score (nSPS) is 10.4. The molecule has 0 spiro atoms. The van der Waals surface area contributed by atoms with E-state index in [9.17, 15) is 4.79 Å². The van der Waals surface area contributed by atoms with Gasteiger partial charge in [0.15, 0.2) is 11.5 Å². The molecule has 0 fully saturated rings. The Kier molecular flexibility index (Phi) is 5.58. The van der Waals surface area contributed by atoms with E-state index in [1.54, 1.807) is 14.2 Å². The van der Waals surface area contributed by atoms with Crippen molar-refractivity contribution in [2.75, 3.05) is 14.2 Å². The van der Waals surface area contributed by atoms with E-state index in [4.69, 9.17) is 9.47 Å². The molecule has 134 valence electrons. The minimum Gasteiger partial charge on any atom is -0.493 e. The van der Waals surface area contributed by atoms with Gasteiger partial charge in [-0.25, -0.2) is 0 Å². The first-order valence-corrected chi connectivity index (χ1v) is 9.14. The highest BCUT2D eigenvalue weighted by molar-refractivity contribution is 7.12. The summed E-state index contributed by atoms with van der Waals surface area (Å²) in [6.07, 6.45) is 0. The molecule has 0 aliphatic carbocycles. The van der Waals surface area contributed by atoms with Crippen LogP contribution in [0.3, 0.4) is 0 Å². The van der Waals surface area contributed by atoms with E-state index in [2.05, 4.69) is 17.4 Å². The molecule has 1 aromatic heterocycles. The van der Waals surface area contributed by atoms with Gasteiger partial charge in [0, 0.05) is 12.1 Å². The van der Waals surface area contributed by atoms with E-state index in [0.717, 1.165) is 16.7 Å². The number of thiophene rings is 1. The van der Waals surface area contributed by atoms with Gasteiger partial charge in [-0.3, -0.25) is 4.79 Å². The van der Waals surface area contributed by atoms with Gasteiger partial charge in [0.25, 0.3) is 5.91 Å². The Labute approximate surface area is 157 Å². The van der Waals surface area contributed by atoms with Crippen LogP contribution >= 0.6 is 11.3 Å². The number of nitrogens with one attached hydrogen (secondary N) is 1. The molecule has 0 unspecified atom stereocenters. The fraction of sp³-hybridized carbons (Fsp3) is 0.190. The molecule has 0 saturated carbocycles. The molecule has 1 amide bonds. The molecule has 3 rings (SSSR count). The average molecular weight is 367 g/mol. The van der Waals surface area contributed by atoms with Crippen molar-refractivity contribution in [1.29, 1.82) is 0 Å². The first kappa shape index (κ1) is 18.0. The molecule has 2 aromatic carbocycles. The molecule has 3 aromatic rings. The molecular weight excluding hydrogens is 346 g/mol. The average Bonchev–Trinajstić information content (AvgIpc) is 3.16. The van der Waals surface area contributed by atoms with Crippen LogP contribution in [0.15, 0.2) is 53.9 Å². The first-order valence-electron chi connectivity index (χ1n) is 8.26. The summed E-state index contributed by atoms with van der Waals surface area (Å²) in [5.74, 6) is 1.24. The van der Waals surface area contributed by atoms with E-state index in [1.165, 1.54) is 16.9 Å². The summed E-state index contributed by atoms with van der Waals surface area (Å²) in [4.78, 5) is 13.4. The van der Waals surface area contributed by atoms with Gasteiger partial charge >= 0.3 is 0 Å². The fourth-order valence-electron chi connectivity index (χ4n) is 2.70. The number of methoxy groups -OCH3 is 2. The minimum absolute atomic E-state index is 0.0784. The SMILES string of the molecule is COc1ccc(CNC(=O)c2sccc2-c2ccc(C)cc2)cc1OC. The van der Waals surface area contributed by atoms with Gasteiger partial charge in [-0.15, -0.1) is 11.3 Å². The Morgan fingerprint density at radius 2 is 1.73 bits per heavy atom. The molecular formula is C21H21NO3S. The number of hydrogen-bond acceptors (Lipinski definition) is 4. The van der Waals surface area contributed by atoms with Crippen LogP contribution in [0, 0.1) is 6.92 Å². The van der Waals surface area contributed by atoms with Crippen molar-refractivity contribution in [2.24, 2.45) is 0 Å². The van der Waals surface area contributed by atoms with Gasteiger partial charge in [-0.1, -0.05) is 35.9 Å². The van der Waals surface area contributed by atoms with E-state index < -0.39 is 0 Å². The summed E-state index contributed by atoms with van der Waals surface area (Å²) in [5, 5.41) is 4.93. The Morgan fingerprint density at radius 1 is 1.00 bits per heavy atom. The summed E-state index contributed by atoms with van der Waals surface area (Å²) >= 11 is 1.45. The summed E-state index contributed by atoms with van der Waals surface area (Å²) in [6.45, 7) is 2.47. The molecule has 0 saturated heterocycles. The zero-order valence-corrected chi connectivity index (χ0v) is 15.9. The lowest BCUT2D eigenvalue weighted by Crippen LogP contribution is -2.22. The maximum atomic E-state index is 12.7. The maximum Gasteiger partial charge on any atom is 0.262 e. The highest BCUT2D eigenvalue weighted by atomic mass is 32.1. The number of carbonyl (C=O) groups excluding carboxylic acids is 1. The topological polar surface area (TPSA) is 47.6 Å². The maximum absolute atomic E-state index is 12.7. The molecule has 4 nitrogen and oxygen atoms in total. The lowest BCUT2D eigenvalue weighted by atomic mass is 10.0. The van der Waals surface area contributed by atoms with Crippen molar-refractivity contribution in [2.45, 2.75) is 13.5 Å². The molecule has 0 atom stereocenters. The number of amides is 1. The molecule has 5 heteroatoms. The van der Waals surface area contributed by atoms with Crippen LogP contribution in [0.4, 0.5) is 0 Å². The highest BCUT2D eigenvalue weighted by Gasteiger charge is 2.15. The largest absolute Gasteiger partial charge is 0.493 e. The van der Waals surface area contributed by atoms with Crippen molar-refractivity contribution in [3.05, 3.63) is 69.9 Å². The van der Waals surface area contributed by atoms with Crippen LogP contribution in [0.25, 0.3) is 11.1 Å². The van der Waals surface area contributed by atoms with Crippen molar-refractivity contribution >= 4 is 17.2 Å². The number of benzene rings is 2. The second kappa shape index (κ2) is 8.06. The van der Waals surface area contributed by atoms with Crippen molar-refractivity contribution in [1.82, 2.24) is 5.32 Å². The summed E-state index contributed by atoms with van der Waals surface area (Å²) in [5.41, 5.74) is 4.15. The lowest BCUT2D eigenvalue weighted by Gasteiger charge is -2.10. The van der Waals surface area contributed by atoms with E-state index in [1.807, 2.05) is 48.7 Å². The standard InChI is InChI=1S/C21H21NO3S/c1-14-4-7-16(8-5-14)17-10-11-26-20(17)21(23)22-13-15-6-9-18(24-2)19(12-15)25-3/h4-12H,13H2,1-3H3,(H,22,23). The minimum atomic E-state index is -0.0784. The van der Waals surface area contributed by atoms with Gasteiger partial charge in [0.1, 0.15) is 0 Å². The fourth-order valence-corrected chi connectivity index (χ4v) is 3.53. The smallest absolute Gasteiger partial charge is 0.262 e. The van der Waals surface area contributed by atoms with Gasteiger partial charge in [-0.2, -0.15) is 0 Å². The van der Waals surface area contributed by atoms with Gasteiger partial charge in [0.2, 0.25) is 0 Å². The molecule has 0 bridgehead atoms. The Bertz CT molecular complexity index is 900. The molecule has 1 heterocycles. The zero-order valence-electron chi connectivity index (χ0n) is 15.0. The Morgan fingerprint density at radius 3 is 2.42 bits per heavy atom. The quantitative estimate of drug-likeness (QED) is 0.689. The number of rotatable bonds is 6. The molecule has 26 heavy (non-hydrogen) atoms. The lowest BCUT2D eigenvalue weighted by molar-refractivity contribution is 0.0955. The predicted octanol–water partition coefficient (Wildman–Crippen LogP) is 4.67. The van der Waals surface area contributed by atoms with Crippen molar-refractivity contribution < 1.29 is 14.3 Å². The third-order valence-electron chi connectivity index (χ3n) is 4.14. The third kappa shape index (κ3) is 3.89. The van der Waals surface area contributed by atoms with Crippen molar-refractivity contribution in [3.8, 4) is 22.6 Å². The predicted molar refractivity (Wildman–Crippen MR) is 105 cm³/mol. The molecule has 0 aliphatic heterocycles. The van der Waals surface area contributed by atoms with Crippen molar-refractivity contribution in [3.63, 3.8) is 0 Å². The molecule has 0 radical (unpaired) electrons. The van der Waals surface area contributed by atoms with Crippen LogP contribution < -0.4 is 14.8 Å². The number of ether oxygens (including phenoxy) is 2. The Hall–Kier alpha value is -2.79. The summed E-state index contributed by atoms with van der Waals surface area (Å²) in [6, 6.07) is 15.8.